The van der Waals surface area contributed by atoms with Gasteiger partial charge in [-0.15, -0.1) is 0 Å². The van der Waals surface area contributed by atoms with E-state index < -0.39 is 0 Å². The van der Waals surface area contributed by atoms with Gasteiger partial charge in [0.1, 0.15) is 0 Å². The first-order valence-corrected chi connectivity index (χ1v) is 5.66. The van der Waals surface area contributed by atoms with Crippen molar-refractivity contribution in [2.24, 2.45) is 0 Å². The number of aryl methyl sites for hydroxylation is 2. The molecule has 1 amide bonds. The number of hydrogen-bond acceptors (Lipinski definition) is 3. The van der Waals surface area contributed by atoms with Gasteiger partial charge in [-0.3, -0.25) is 9.78 Å². The van der Waals surface area contributed by atoms with Crippen LogP contribution in [0.3, 0.4) is 0 Å². The van der Waals surface area contributed by atoms with Gasteiger partial charge >= 0.3 is 0 Å². The molecule has 1 aromatic heterocycles. The summed E-state index contributed by atoms with van der Waals surface area (Å²) in [6.07, 6.45) is 3.16. The number of benzene rings is 1. The van der Waals surface area contributed by atoms with Crippen LogP contribution in [0.5, 0.6) is 0 Å². The summed E-state index contributed by atoms with van der Waals surface area (Å²) in [6, 6.07) is 7.06. The summed E-state index contributed by atoms with van der Waals surface area (Å²) in [6.45, 7) is 3.97. The first-order chi connectivity index (χ1) is 8.58. The summed E-state index contributed by atoms with van der Waals surface area (Å²) in [5.74, 6) is -0.188. The molecule has 1 aromatic carbocycles. The molecule has 0 fully saturated rings. The molecular formula is C14H15N3O. The largest absolute Gasteiger partial charge is 0.397 e. The molecule has 0 aliphatic heterocycles. The minimum Gasteiger partial charge on any atom is -0.397 e. The molecule has 18 heavy (non-hydrogen) atoms. The molecule has 92 valence electrons. The lowest BCUT2D eigenvalue weighted by Gasteiger charge is -2.11. The Bertz CT molecular complexity index is 579. The van der Waals surface area contributed by atoms with Crippen LogP contribution in [0.4, 0.5) is 11.4 Å². The van der Waals surface area contributed by atoms with Crippen LogP contribution in [0.15, 0.2) is 36.7 Å². The van der Waals surface area contributed by atoms with Crippen LogP contribution in [0.25, 0.3) is 0 Å². The molecular weight excluding hydrogens is 226 g/mol. The van der Waals surface area contributed by atoms with Crippen LogP contribution in [-0.2, 0) is 0 Å². The van der Waals surface area contributed by atoms with Crippen molar-refractivity contribution in [3.63, 3.8) is 0 Å². The van der Waals surface area contributed by atoms with Crippen molar-refractivity contribution in [2.75, 3.05) is 11.1 Å². The van der Waals surface area contributed by atoms with Gasteiger partial charge < -0.3 is 11.1 Å². The fraction of sp³-hybridized carbons (Fsp3) is 0.143. The Morgan fingerprint density at radius 3 is 2.44 bits per heavy atom. The van der Waals surface area contributed by atoms with E-state index in [2.05, 4.69) is 10.3 Å². The number of aromatic nitrogens is 1. The molecule has 0 radical (unpaired) electrons. The Labute approximate surface area is 106 Å². The Morgan fingerprint density at radius 2 is 1.78 bits per heavy atom. The highest BCUT2D eigenvalue weighted by Crippen LogP contribution is 2.23. The van der Waals surface area contributed by atoms with Crippen LogP contribution in [-0.4, -0.2) is 10.9 Å². The number of carbonyl (C=O) groups is 1. The van der Waals surface area contributed by atoms with E-state index in [1.165, 1.54) is 0 Å². The topological polar surface area (TPSA) is 68.0 Å². The standard InChI is InChI=1S/C14H15N3O/c1-9-7-12(15)13(8-10(9)2)17-14(18)11-3-5-16-6-4-11/h3-8H,15H2,1-2H3,(H,17,18). The molecule has 4 nitrogen and oxygen atoms in total. The van der Waals surface area contributed by atoms with Gasteiger partial charge in [-0.2, -0.15) is 0 Å². The van der Waals surface area contributed by atoms with Crippen molar-refractivity contribution in [2.45, 2.75) is 13.8 Å². The molecule has 0 saturated carbocycles. The highest BCUT2D eigenvalue weighted by Gasteiger charge is 2.08. The van der Waals surface area contributed by atoms with E-state index >= 15 is 0 Å². The molecule has 0 bridgehead atoms. The second-order valence-corrected chi connectivity index (χ2v) is 4.21. The number of anilines is 2. The quantitative estimate of drug-likeness (QED) is 0.794. The zero-order valence-corrected chi connectivity index (χ0v) is 10.4. The summed E-state index contributed by atoms with van der Waals surface area (Å²) in [5, 5.41) is 2.80. The van der Waals surface area contributed by atoms with Gasteiger partial charge in [0.15, 0.2) is 0 Å². The van der Waals surface area contributed by atoms with E-state index in [4.69, 9.17) is 5.73 Å². The predicted octanol–water partition coefficient (Wildman–Crippen LogP) is 2.53. The second-order valence-electron chi connectivity index (χ2n) is 4.21. The number of nitrogen functional groups attached to an aromatic ring is 1. The van der Waals surface area contributed by atoms with Gasteiger partial charge in [-0.1, -0.05) is 0 Å². The van der Waals surface area contributed by atoms with E-state index in [0.717, 1.165) is 11.1 Å². The fourth-order valence-corrected chi connectivity index (χ4v) is 1.64. The number of rotatable bonds is 2. The van der Waals surface area contributed by atoms with Crippen molar-refractivity contribution in [1.82, 2.24) is 4.98 Å². The third-order valence-corrected chi connectivity index (χ3v) is 2.86. The maximum atomic E-state index is 12.0. The summed E-state index contributed by atoms with van der Waals surface area (Å²) in [7, 11) is 0. The number of nitrogens with two attached hydrogens (primary N) is 1. The summed E-state index contributed by atoms with van der Waals surface area (Å²) in [4.78, 5) is 15.8. The lowest BCUT2D eigenvalue weighted by atomic mass is 10.1. The van der Waals surface area contributed by atoms with Crippen molar-refractivity contribution in [3.05, 3.63) is 53.3 Å². The summed E-state index contributed by atoms with van der Waals surface area (Å²) in [5.41, 5.74) is 9.85. The van der Waals surface area contributed by atoms with Gasteiger partial charge in [0.05, 0.1) is 11.4 Å². The monoisotopic (exact) mass is 241 g/mol. The Balaban J connectivity index is 2.25. The minimum absolute atomic E-state index is 0.188. The SMILES string of the molecule is Cc1cc(N)c(NC(=O)c2ccncc2)cc1C. The number of hydrogen-bond donors (Lipinski definition) is 2. The third kappa shape index (κ3) is 2.48. The van der Waals surface area contributed by atoms with Crippen molar-refractivity contribution in [1.29, 1.82) is 0 Å². The molecule has 0 atom stereocenters. The molecule has 0 spiro atoms. The summed E-state index contributed by atoms with van der Waals surface area (Å²) < 4.78 is 0. The third-order valence-electron chi connectivity index (χ3n) is 2.86. The average molecular weight is 241 g/mol. The van der Waals surface area contributed by atoms with E-state index in [9.17, 15) is 4.79 Å². The zero-order chi connectivity index (χ0) is 13.1. The first-order valence-electron chi connectivity index (χ1n) is 5.66. The lowest BCUT2D eigenvalue weighted by molar-refractivity contribution is 0.102. The number of carbonyl (C=O) groups excluding carboxylic acids is 1. The zero-order valence-electron chi connectivity index (χ0n) is 10.4. The van der Waals surface area contributed by atoms with E-state index in [-0.39, 0.29) is 5.91 Å². The molecule has 1 heterocycles. The molecule has 3 N–H and O–H groups in total. The molecule has 0 unspecified atom stereocenters. The normalized spacial score (nSPS) is 10.1. The fourth-order valence-electron chi connectivity index (χ4n) is 1.64. The van der Waals surface area contributed by atoms with Gasteiger partial charge in [-0.25, -0.2) is 0 Å². The van der Waals surface area contributed by atoms with E-state index in [0.29, 0.717) is 16.9 Å². The molecule has 0 aliphatic carbocycles. The van der Waals surface area contributed by atoms with Crippen LogP contribution >= 0.6 is 0 Å². The highest BCUT2D eigenvalue weighted by atomic mass is 16.1. The average Bonchev–Trinajstić information content (AvgIpc) is 2.37. The molecule has 2 aromatic rings. The number of nitrogens with zero attached hydrogens (tertiary/aromatic N) is 1. The van der Waals surface area contributed by atoms with Gasteiger partial charge in [0.25, 0.3) is 5.91 Å². The number of nitrogens with one attached hydrogen (secondary N) is 1. The smallest absolute Gasteiger partial charge is 0.255 e. The minimum atomic E-state index is -0.188. The van der Waals surface area contributed by atoms with Crippen LogP contribution in [0.2, 0.25) is 0 Å². The molecule has 0 aliphatic rings. The Hall–Kier alpha value is -2.36. The van der Waals surface area contributed by atoms with E-state index in [1.807, 2.05) is 26.0 Å². The lowest BCUT2D eigenvalue weighted by Crippen LogP contribution is -2.13. The van der Waals surface area contributed by atoms with Gasteiger partial charge in [0.2, 0.25) is 0 Å². The predicted molar refractivity (Wildman–Crippen MR) is 72.5 cm³/mol. The van der Waals surface area contributed by atoms with Crippen LogP contribution in [0, 0.1) is 13.8 Å². The van der Waals surface area contributed by atoms with Gasteiger partial charge in [0, 0.05) is 18.0 Å². The van der Waals surface area contributed by atoms with Gasteiger partial charge in [-0.05, 0) is 49.2 Å². The molecule has 2 rings (SSSR count). The van der Waals surface area contributed by atoms with Crippen molar-refractivity contribution in [3.8, 4) is 0 Å². The first kappa shape index (κ1) is 12.1. The van der Waals surface area contributed by atoms with E-state index in [1.54, 1.807) is 24.5 Å². The maximum absolute atomic E-state index is 12.0. The van der Waals surface area contributed by atoms with Crippen LogP contribution < -0.4 is 11.1 Å². The van der Waals surface area contributed by atoms with Crippen LogP contribution in [0.1, 0.15) is 21.5 Å². The molecule has 0 saturated heterocycles. The highest BCUT2D eigenvalue weighted by molar-refractivity contribution is 6.05. The Kier molecular flexibility index (Phi) is 3.28. The number of amides is 1. The Morgan fingerprint density at radius 1 is 1.17 bits per heavy atom. The van der Waals surface area contributed by atoms with Crippen molar-refractivity contribution >= 4 is 17.3 Å². The maximum Gasteiger partial charge on any atom is 0.255 e. The second kappa shape index (κ2) is 4.87. The number of pyridine rings is 1. The van der Waals surface area contributed by atoms with Crippen molar-refractivity contribution < 1.29 is 4.79 Å². The molecule has 4 heteroatoms. The summed E-state index contributed by atoms with van der Waals surface area (Å²) >= 11 is 0.